The number of H-pyrrole nitrogens is 2. The summed E-state index contributed by atoms with van der Waals surface area (Å²) in [5, 5.41) is 50.9. The predicted molar refractivity (Wildman–Crippen MR) is 471 cm³/mol. The highest BCUT2D eigenvalue weighted by molar-refractivity contribution is 8.77. The zero-order chi connectivity index (χ0) is 92.8. The molecule has 38 nitrogen and oxygen atoms in total. The minimum absolute atomic E-state index is 0.120. The zero-order valence-corrected chi connectivity index (χ0v) is 74.8. The van der Waals surface area contributed by atoms with Crippen molar-refractivity contribution < 1.29 is 86.6 Å². The van der Waals surface area contributed by atoms with Crippen LogP contribution >= 0.6 is 21.6 Å². The van der Waals surface area contributed by atoms with Crippen LogP contribution in [0, 0.1) is 12.8 Å². The first kappa shape index (κ1) is 102. The first-order valence-electron chi connectivity index (χ1n) is 41.8. The number of Topliss-reactive ketones (excluding diaryl/α,β-unsaturated/α-hetero) is 1. The number of aryl methyl sites for hydroxylation is 1. The van der Waals surface area contributed by atoms with Gasteiger partial charge in [-0.25, -0.2) is 4.98 Å². The molecule has 125 heavy (non-hydrogen) atoms. The Bertz CT molecular complexity index is 4670. The molecular weight excluding hydrogens is 1650 g/mol. The van der Waals surface area contributed by atoms with Gasteiger partial charge in [-0.15, -0.1) is 0 Å². The van der Waals surface area contributed by atoms with Gasteiger partial charge in [-0.3, -0.25) is 81.5 Å². The number of carbonyl (C=O) groups is 17. The average Bonchev–Trinajstić information content (AvgIpc) is 1.79. The molecule has 3 aromatic carbocycles. The van der Waals surface area contributed by atoms with E-state index in [2.05, 4.69) is 89.4 Å². The summed E-state index contributed by atoms with van der Waals surface area (Å²) in [6.07, 6.45) is 1.12. The van der Waals surface area contributed by atoms with E-state index in [1.165, 1.54) is 67.9 Å². The maximum absolute atomic E-state index is 16.1. The standard InChI is InChI=1S/C85H124N20O18S2/c1-45(2)35-60(71(88)112)96-74(115)61(36-47(4)106)97-72(113)59(28-17-21-34-91-50(7)109)102-82(123)85(13,31-18-19-32-86)105-78(119)62(38-52-29-30-53-24-14-15-25-54(53)37-52)98-76(117)64(40-56-43-89-44-93-56)100-81(122)70-84(11,12)125-124-83(9,10)69(94-51(8)110)80(121)101-65(41-66(87)111)77(118)103-68(48(5)107)79(120)99-63(39-55-42-92-67-46(3)23-22-26-57(55)67)75(116)95-58(73(114)104-70)27-16-20-33-90-49(6)108/h14-15,22-26,29-30,37,42-45,48,58-65,68-70,92,107H,16-21,27-28,31-36,38-41,86H2,1-13H3,(H2,87,111)(H2,88,112)(H,89,93)(H,90,108)(H,91,109)(H,94,110)(H,95,116)(H,96,115)(H,97,113)(H,98,117)(H,99,120)(H,100,122)(H,101,121)(H,102,123)(H,103,118)(H,104,114)(H,105,119)/t48-,58+,59+,60-,61+,62+,63+,64+,65+,68+,69-,70-,85+/m1/s1. The zero-order valence-electron chi connectivity index (χ0n) is 73.1. The highest BCUT2D eigenvalue weighted by Crippen LogP contribution is 2.47. The van der Waals surface area contributed by atoms with E-state index < -0.39 is 195 Å². The summed E-state index contributed by atoms with van der Waals surface area (Å²) in [5.74, 6) is -15.3. The van der Waals surface area contributed by atoms with E-state index in [4.69, 9.17) is 17.2 Å². The first-order valence-corrected chi connectivity index (χ1v) is 43.9. The lowest BCUT2D eigenvalue weighted by Gasteiger charge is -2.39. The summed E-state index contributed by atoms with van der Waals surface area (Å²) < 4.78 is -3.18. The van der Waals surface area contributed by atoms with Gasteiger partial charge in [-0.05, 0) is 160 Å². The fraction of sp³-hybridized carbons (Fsp3) is 0.553. The molecule has 1 fully saturated rings. The van der Waals surface area contributed by atoms with Crippen LogP contribution in [-0.4, -0.2) is 228 Å². The number of aliphatic hydroxyl groups is 1. The van der Waals surface area contributed by atoms with E-state index in [0.717, 1.165) is 51.8 Å². The van der Waals surface area contributed by atoms with Gasteiger partial charge in [-0.2, -0.15) is 0 Å². The Morgan fingerprint density at radius 2 is 1.20 bits per heavy atom. The van der Waals surface area contributed by atoms with E-state index in [-0.39, 0.29) is 107 Å². The Labute approximate surface area is 734 Å². The minimum atomic E-state index is -1.99. The van der Waals surface area contributed by atoms with Crippen molar-refractivity contribution in [3.8, 4) is 0 Å². The van der Waals surface area contributed by atoms with Crippen molar-refractivity contribution in [1.82, 2.24) is 89.4 Å². The van der Waals surface area contributed by atoms with Crippen LogP contribution in [0.4, 0.5) is 0 Å². The van der Waals surface area contributed by atoms with Gasteiger partial charge in [0, 0.05) is 98.0 Å². The number of aliphatic hydroxyl groups excluding tert-OH is 1. The van der Waals surface area contributed by atoms with Gasteiger partial charge < -0.3 is 107 Å². The van der Waals surface area contributed by atoms with Gasteiger partial charge in [0.15, 0.2) is 0 Å². The number of hydrogen-bond donors (Lipinski definition) is 20. The lowest BCUT2D eigenvalue weighted by Crippen LogP contribution is -2.65. The van der Waals surface area contributed by atoms with E-state index in [1.807, 2.05) is 31.2 Å². The Morgan fingerprint density at radius 1 is 0.600 bits per heavy atom. The molecule has 0 spiro atoms. The third kappa shape index (κ3) is 32.2. The normalized spacial score (nSPS) is 19.6. The largest absolute Gasteiger partial charge is 0.391 e. The summed E-state index contributed by atoms with van der Waals surface area (Å²) in [6.45, 7) is 19.4. The summed E-state index contributed by atoms with van der Waals surface area (Å²) in [4.78, 5) is 253. The van der Waals surface area contributed by atoms with Crippen LogP contribution in [-0.2, 0) is 101 Å². The number of carbonyl (C=O) groups excluding carboxylic acids is 17. The number of para-hydroxylation sites is 1. The number of nitrogens with two attached hydrogens (primary N) is 3. The van der Waals surface area contributed by atoms with Crippen LogP contribution in [0.25, 0.3) is 21.7 Å². The second kappa shape index (κ2) is 48.1. The SMILES string of the molecule is CC(=O)C[C@H](NC(=O)[C@H](CCCCNC(C)=O)NC(=O)[C@](C)(CCCCN)NC(=O)[C@H](Cc1ccc2ccccc2c1)NC(=O)[C@H](Cc1cnc[nH]1)NC(=O)[C@H]1NC(=O)[C@H](CCCCNC(C)=O)NC(=O)[C@H](Cc2c[nH]c3c(C)cccc23)NC(=O)[C@H]([C@@H](C)O)NC(=O)[C@H](CC(N)=O)NC(=O)[C@@H](NC(C)=O)C(C)(C)SSC1(C)C)C(=O)N[C@H](CC(C)C)C(N)=O. The molecule has 6 rings (SSSR count). The Kier molecular flexibility index (Phi) is 39.4. The van der Waals surface area contributed by atoms with Crippen LogP contribution in [0.5, 0.6) is 0 Å². The van der Waals surface area contributed by atoms with Crippen LogP contribution in [0.1, 0.15) is 183 Å². The van der Waals surface area contributed by atoms with Crippen LogP contribution < -0.4 is 91.6 Å². The molecule has 0 saturated carbocycles. The monoisotopic (exact) mass is 1780 g/mol. The van der Waals surface area contributed by atoms with Gasteiger partial charge in [0.2, 0.25) is 94.5 Å². The van der Waals surface area contributed by atoms with Crippen molar-refractivity contribution in [2.24, 2.45) is 23.1 Å². The highest BCUT2D eigenvalue weighted by Gasteiger charge is 2.47. The number of benzene rings is 3. The molecule has 2 aromatic heterocycles. The molecule has 23 N–H and O–H groups in total. The topological polar surface area (TPSA) is 601 Å². The number of hydrogen-bond acceptors (Lipinski definition) is 22. The molecule has 0 aliphatic carbocycles. The number of nitrogens with zero attached hydrogens (tertiary/aromatic N) is 1. The number of amides is 16. The highest BCUT2D eigenvalue weighted by atomic mass is 33.1. The van der Waals surface area contributed by atoms with Crippen molar-refractivity contribution in [3.05, 3.63) is 102 Å². The van der Waals surface area contributed by atoms with Crippen molar-refractivity contribution in [3.63, 3.8) is 0 Å². The molecule has 1 saturated heterocycles. The summed E-state index contributed by atoms with van der Waals surface area (Å²) >= 11 is 0. The van der Waals surface area contributed by atoms with Gasteiger partial charge >= 0.3 is 0 Å². The number of aromatic nitrogens is 3. The number of imidazole rings is 1. The summed E-state index contributed by atoms with van der Waals surface area (Å²) in [7, 11) is 1.82. The third-order valence-electron chi connectivity index (χ3n) is 21.1. The number of primary amides is 2. The van der Waals surface area contributed by atoms with Crippen molar-refractivity contribution in [1.29, 1.82) is 0 Å². The van der Waals surface area contributed by atoms with E-state index in [1.54, 1.807) is 56.4 Å². The number of aromatic amines is 2. The number of nitrogens with one attached hydrogen (secondary N) is 16. The molecule has 0 unspecified atom stereocenters. The maximum atomic E-state index is 16.1. The molecule has 0 bridgehead atoms. The molecular formula is C85H124N20O18S2. The van der Waals surface area contributed by atoms with Gasteiger partial charge in [0.05, 0.1) is 18.9 Å². The molecule has 1 aliphatic heterocycles. The van der Waals surface area contributed by atoms with Gasteiger partial charge in [-0.1, -0.05) is 96.1 Å². The number of fused-ring (bicyclic) bond motifs is 2. The second-order valence-electron chi connectivity index (χ2n) is 33.4. The molecule has 1 aliphatic rings. The van der Waals surface area contributed by atoms with Gasteiger partial charge in [0.1, 0.15) is 77.8 Å². The third-order valence-corrected chi connectivity index (χ3v) is 25.3. The summed E-state index contributed by atoms with van der Waals surface area (Å²) in [5.41, 5.74) is 18.1. The number of unbranched alkanes of at least 4 members (excludes halogenated alkanes) is 3. The van der Waals surface area contributed by atoms with Crippen LogP contribution in [0.2, 0.25) is 0 Å². The predicted octanol–water partition coefficient (Wildman–Crippen LogP) is 0.0688. The Morgan fingerprint density at radius 3 is 1.82 bits per heavy atom. The van der Waals surface area contributed by atoms with Crippen molar-refractivity contribution >= 4 is 144 Å². The second-order valence-corrected chi connectivity index (χ2v) is 36.9. The fourth-order valence-corrected chi connectivity index (χ4v) is 17.0. The number of rotatable bonds is 41. The van der Waals surface area contributed by atoms with Crippen LogP contribution in [0.15, 0.2) is 79.4 Å². The van der Waals surface area contributed by atoms with Gasteiger partial charge in [0.25, 0.3) is 0 Å². The van der Waals surface area contributed by atoms with Crippen molar-refractivity contribution in [2.45, 2.75) is 274 Å². The Balaban J connectivity index is 1.50. The lowest BCUT2D eigenvalue weighted by molar-refractivity contribution is -0.138. The van der Waals surface area contributed by atoms with E-state index >= 15 is 28.8 Å². The molecule has 0 radical (unpaired) electrons. The van der Waals surface area contributed by atoms with E-state index in [9.17, 15) is 57.8 Å². The minimum Gasteiger partial charge on any atom is -0.391 e. The van der Waals surface area contributed by atoms with Crippen molar-refractivity contribution in [2.75, 3.05) is 19.6 Å². The fourth-order valence-electron chi connectivity index (χ4n) is 14.2. The van der Waals surface area contributed by atoms with Crippen LogP contribution in [0.3, 0.4) is 0 Å². The molecule has 16 amide bonds. The molecule has 40 heteroatoms. The summed E-state index contributed by atoms with van der Waals surface area (Å²) in [6, 6.07) is -0.169. The lowest BCUT2D eigenvalue weighted by atomic mass is 9.91. The smallest absolute Gasteiger partial charge is 0.246 e. The van der Waals surface area contributed by atoms with E-state index in [0.29, 0.717) is 34.9 Å². The average molecular weight is 1780 g/mol. The Hall–Kier alpha value is -11.5. The molecule has 5 aromatic rings. The number of ketones is 1. The maximum Gasteiger partial charge on any atom is 0.246 e. The first-order chi connectivity index (χ1) is 58.8. The molecule has 13 atom stereocenters. The molecule has 3 heterocycles. The quantitative estimate of drug-likeness (QED) is 0.0182. The molecule has 684 valence electrons.